The Balaban J connectivity index is 2.44. The average Bonchev–Trinajstić information content (AvgIpc) is 2.37. The zero-order chi connectivity index (χ0) is 14.3. The lowest BCUT2D eigenvalue weighted by atomic mass is 10.2. The topological polar surface area (TPSA) is 75.0 Å². The van der Waals surface area contributed by atoms with Gasteiger partial charge < -0.3 is 10.1 Å². The molecule has 1 amide bonds. The molecule has 0 aliphatic rings. The molecule has 0 spiro atoms. The number of rotatable bonds is 6. The lowest BCUT2D eigenvalue weighted by molar-refractivity contribution is 0.0921. The molecular weight excluding hydrogens is 242 g/mol. The third-order valence-electron chi connectivity index (χ3n) is 2.32. The molecule has 0 unspecified atom stereocenters. The van der Waals surface area contributed by atoms with Gasteiger partial charge >= 0.3 is 0 Å². The second-order valence-electron chi connectivity index (χ2n) is 4.21. The predicted octanol–water partition coefficient (Wildman–Crippen LogP) is 1.58. The van der Waals surface area contributed by atoms with Crippen molar-refractivity contribution in [3.8, 4) is 6.07 Å². The molecule has 100 valence electrons. The maximum absolute atomic E-state index is 11.8. The van der Waals surface area contributed by atoms with E-state index in [0.717, 1.165) is 5.57 Å². The van der Waals surface area contributed by atoms with Crippen LogP contribution in [0.15, 0.2) is 24.3 Å². The van der Waals surface area contributed by atoms with Crippen LogP contribution in [0.25, 0.3) is 0 Å². The molecule has 5 nitrogen and oxygen atoms in total. The molecule has 0 saturated heterocycles. The van der Waals surface area contributed by atoms with Crippen LogP contribution < -0.4 is 5.32 Å². The normalized spacial score (nSPS) is 9.74. The standard InChI is InChI=1S/C14H17N3O2/c1-10(2)9-19-7-6-16-14(18)13-5-4-12(8-15)11(3)17-13/h4-5H,1,6-7,9H2,2-3H3,(H,16,18). The van der Waals surface area contributed by atoms with E-state index >= 15 is 0 Å². The molecule has 0 aliphatic heterocycles. The van der Waals surface area contributed by atoms with Gasteiger partial charge in [-0.2, -0.15) is 5.26 Å². The number of carbonyl (C=O) groups excluding carboxylic acids is 1. The Morgan fingerprint density at radius 3 is 2.89 bits per heavy atom. The number of nitriles is 1. The number of aromatic nitrogens is 1. The molecule has 0 aromatic carbocycles. The third kappa shape index (κ3) is 4.90. The summed E-state index contributed by atoms with van der Waals surface area (Å²) in [5.74, 6) is -0.272. The van der Waals surface area contributed by atoms with Crippen molar-refractivity contribution in [1.82, 2.24) is 10.3 Å². The van der Waals surface area contributed by atoms with Crippen molar-refractivity contribution < 1.29 is 9.53 Å². The van der Waals surface area contributed by atoms with E-state index in [2.05, 4.69) is 16.9 Å². The SMILES string of the molecule is C=C(C)COCCNC(=O)c1ccc(C#N)c(C)n1. The van der Waals surface area contributed by atoms with Crippen molar-refractivity contribution in [2.75, 3.05) is 19.8 Å². The number of hydrogen-bond donors (Lipinski definition) is 1. The first-order valence-corrected chi connectivity index (χ1v) is 5.92. The maximum atomic E-state index is 11.8. The molecule has 1 aromatic heterocycles. The molecule has 0 aliphatic carbocycles. The monoisotopic (exact) mass is 259 g/mol. The second-order valence-corrected chi connectivity index (χ2v) is 4.21. The summed E-state index contributed by atoms with van der Waals surface area (Å²) in [5.41, 5.74) is 2.27. The first kappa shape index (κ1) is 14.9. The number of aryl methyl sites for hydroxylation is 1. The minimum Gasteiger partial charge on any atom is -0.375 e. The van der Waals surface area contributed by atoms with E-state index in [-0.39, 0.29) is 5.91 Å². The zero-order valence-corrected chi connectivity index (χ0v) is 11.2. The lowest BCUT2D eigenvalue weighted by Crippen LogP contribution is -2.28. The van der Waals surface area contributed by atoms with Gasteiger partial charge in [0, 0.05) is 6.54 Å². The van der Waals surface area contributed by atoms with Gasteiger partial charge in [-0.05, 0) is 26.0 Å². The summed E-state index contributed by atoms with van der Waals surface area (Å²) in [4.78, 5) is 15.8. The molecule has 0 atom stereocenters. The Hall–Kier alpha value is -2.19. The largest absolute Gasteiger partial charge is 0.375 e. The number of ether oxygens (including phenoxy) is 1. The third-order valence-corrected chi connectivity index (χ3v) is 2.32. The Kier molecular flexibility index (Phi) is 5.71. The minimum atomic E-state index is -0.272. The van der Waals surface area contributed by atoms with Crippen molar-refractivity contribution in [3.63, 3.8) is 0 Å². The highest BCUT2D eigenvalue weighted by atomic mass is 16.5. The lowest BCUT2D eigenvalue weighted by Gasteiger charge is -2.06. The van der Waals surface area contributed by atoms with E-state index in [1.165, 1.54) is 6.07 Å². The van der Waals surface area contributed by atoms with Gasteiger partial charge in [0.25, 0.3) is 5.91 Å². The highest BCUT2D eigenvalue weighted by Gasteiger charge is 2.08. The molecule has 0 fully saturated rings. The average molecular weight is 259 g/mol. The summed E-state index contributed by atoms with van der Waals surface area (Å²) in [6.07, 6.45) is 0. The van der Waals surface area contributed by atoms with Crippen LogP contribution in [-0.4, -0.2) is 30.6 Å². The fourth-order valence-corrected chi connectivity index (χ4v) is 1.38. The number of pyridine rings is 1. The van der Waals surface area contributed by atoms with E-state index in [9.17, 15) is 4.79 Å². The highest BCUT2D eigenvalue weighted by molar-refractivity contribution is 5.92. The summed E-state index contributed by atoms with van der Waals surface area (Å²) in [6.45, 7) is 8.61. The second kappa shape index (κ2) is 7.29. The summed E-state index contributed by atoms with van der Waals surface area (Å²) < 4.78 is 5.26. The molecule has 1 N–H and O–H groups in total. The van der Waals surface area contributed by atoms with Gasteiger partial charge in [-0.1, -0.05) is 12.2 Å². The zero-order valence-electron chi connectivity index (χ0n) is 11.2. The number of nitrogens with zero attached hydrogens (tertiary/aromatic N) is 2. The predicted molar refractivity (Wildman–Crippen MR) is 71.7 cm³/mol. The van der Waals surface area contributed by atoms with Crippen LogP contribution in [0, 0.1) is 18.3 Å². The number of hydrogen-bond acceptors (Lipinski definition) is 4. The number of nitrogens with one attached hydrogen (secondary N) is 1. The molecule has 0 bridgehead atoms. The van der Waals surface area contributed by atoms with E-state index in [1.54, 1.807) is 13.0 Å². The molecule has 0 radical (unpaired) electrons. The van der Waals surface area contributed by atoms with Crippen molar-refractivity contribution in [3.05, 3.63) is 41.2 Å². The Morgan fingerprint density at radius 2 is 2.32 bits per heavy atom. The van der Waals surface area contributed by atoms with Gasteiger partial charge in [0.1, 0.15) is 11.8 Å². The van der Waals surface area contributed by atoms with Crippen LogP contribution in [0.5, 0.6) is 0 Å². The molecular formula is C14H17N3O2. The molecule has 5 heteroatoms. The summed E-state index contributed by atoms with van der Waals surface area (Å²) in [6, 6.07) is 5.14. The van der Waals surface area contributed by atoms with Crippen LogP contribution in [-0.2, 0) is 4.74 Å². The van der Waals surface area contributed by atoms with Gasteiger partial charge in [-0.3, -0.25) is 4.79 Å². The van der Waals surface area contributed by atoms with E-state index in [1.807, 2.05) is 13.0 Å². The van der Waals surface area contributed by atoms with E-state index in [0.29, 0.717) is 36.7 Å². The number of amides is 1. The Labute approximate surface area is 112 Å². The van der Waals surface area contributed by atoms with Gasteiger partial charge in [-0.25, -0.2) is 4.98 Å². The molecule has 1 rings (SSSR count). The van der Waals surface area contributed by atoms with Gasteiger partial charge in [0.15, 0.2) is 0 Å². The van der Waals surface area contributed by atoms with Crippen molar-refractivity contribution in [2.24, 2.45) is 0 Å². The maximum Gasteiger partial charge on any atom is 0.269 e. The molecule has 0 saturated carbocycles. The fourth-order valence-electron chi connectivity index (χ4n) is 1.38. The minimum absolute atomic E-state index is 0.272. The van der Waals surface area contributed by atoms with Crippen LogP contribution >= 0.6 is 0 Å². The smallest absolute Gasteiger partial charge is 0.269 e. The fraction of sp³-hybridized carbons (Fsp3) is 0.357. The number of carbonyl (C=O) groups is 1. The van der Waals surface area contributed by atoms with Crippen LogP contribution in [0.1, 0.15) is 28.7 Å². The summed E-state index contributed by atoms with van der Waals surface area (Å²) in [5, 5.41) is 11.5. The highest BCUT2D eigenvalue weighted by Crippen LogP contribution is 2.05. The first-order valence-electron chi connectivity index (χ1n) is 5.92. The van der Waals surface area contributed by atoms with Gasteiger partial charge in [-0.15, -0.1) is 0 Å². The summed E-state index contributed by atoms with van der Waals surface area (Å²) in [7, 11) is 0. The Morgan fingerprint density at radius 1 is 1.58 bits per heavy atom. The molecule has 1 aromatic rings. The van der Waals surface area contributed by atoms with Crippen LogP contribution in [0.4, 0.5) is 0 Å². The first-order chi connectivity index (χ1) is 9.04. The Bertz CT molecular complexity index is 518. The van der Waals surface area contributed by atoms with Crippen LogP contribution in [0.2, 0.25) is 0 Å². The van der Waals surface area contributed by atoms with E-state index < -0.39 is 0 Å². The van der Waals surface area contributed by atoms with Crippen LogP contribution in [0.3, 0.4) is 0 Å². The quantitative estimate of drug-likeness (QED) is 0.621. The van der Waals surface area contributed by atoms with Crippen molar-refractivity contribution in [1.29, 1.82) is 5.26 Å². The van der Waals surface area contributed by atoms with Crippen molar-refractivity contribution >= 4 is 5.91 Å². The molecule has 1 heterocycles. The molecule has 19 heavy (non-hydrogen) atoms. The van der Waals surface area contributed by atoms with E-state index in [4.69, 9.17) is 10.00 Å². The summed E-state index contributed by atoms with van der Waals surface area (Å²) >= 11 is 0. The van der Waals surface area contributed by atoms with Gasteiger partial charge in [0.2, 0.25) is 0 Å². The van der Waals surface area contributed by atoms with Crippen molar-refractivity contribution in [2.45, 2.75) is 13.8 Å². The van der Waals surface area contributed by atoms with Gasteiger partial charge in [0.05, 0.1) is 24.5 Å².